The van der Waals surface area contributed by atoms with Gasteiger partial charge in [0.15, 0.2) is 11.5 Å². The molecule has 31 heavy (non-hydrogen) atoms. The maximum absolute atomic E-state index is 13.6. The van der Waals surface area contributed by atoms with Crippen LogP contribution in [0.15, 0.2) is 18.7 Å². The maximum atomic E-state index is 13.6. The van der Waals surface area contributed by atoms with Gasteiger partial charge in [-0.3, -0.25) is 4.79 Å². The molecular weight excluding hydrogens is 434 g/mol. The van der Waals surface area contributed by atoms with Gasteiger partial charge in [0.05, 0.1) is 25.1 Å². The van der Waals surface area contributed by atoms with Crippen LogP contribution in [0.4, 0.5) is 38.0 Å². The summed E-state index contributed by atoms with van der Waals surface area (Å²) in [6, 6.07) is -0.473. The van der Waals surface area contributed by atoms with Crippen LogP contribution in [0.1, 0.15) is 36.7 Å². The van der Waals surface area contributed by atoms with E-state index in [1.807, 2.05) is 0 Å². The monoisotopic (exact) mass is 450 g/mol. The van der Waals surface area contributed by atoms with E-state index < -0.39 is 47.7 Å². The van der Waals surface area contributed by atoms with Crippen molar-refractivity contribution >= 4 is 17.5 Å². The molecule has 168 valence electrons. The second-order valence-corrected chi connectivity index (χ2v) is 7.41. The summed E-state index contributed by atoms with van der Waals surface area (Å²) in [6.07, 6.45) is -7.47. The molecular formula is C17H16F6N6O2. The van der Waals surface area contributed by atoms with Gasteiger partial charge in [0, 0.05) is 19.1 Å². The van der Waals surface area contributed by atoms with E-state index in [9.17, 15) is 36.2 Å². The van der Waals surface area contributed by atoms with Crippen LogP contribution < -0.4 is 10.2 Å². The topological polar surface area (TPSA) is 96.2 Å². The molecule has 2 aliphatic rings. The summed E-state index contributed by atoms with van der Waals surface area (Å²) in [5.74, 6) is -1.11. The Morgan fingerprint density at radius 3 is 2.29 bits per heavy atom. The molecule has 0 aliphatic carbocycles. The first-order valence-electron chi connectivity index (χ1n) is 9.20. The van der Waals surface area contributed by atoms with Crippen molar-refractivity contribution in [3.8, 4) is 0 Å². The number of alkyl halides is 6. The van der Waals surface area contributed by atoms with Crippen molar-refractivity contribution in [2.24, 2.45) is 0 Å². The fourth-order valence-corrected chi connectivity index (χ4v) is 3.87. The Morgan fingerprint density at radius 1 is 1.06 bits per heavy atom. The van der Waals surface area contributed by atoms with Crippen LogP contribution in [-0.4, -0.2) is 49.8 Å². The second-order valence-electron chi connectivity index (χ2n) is 7.41. The fourth-order valence-electron chi connectivity index (χ4n) is 3.87. The largest absolute Gasteiger partial charge is 0.434 e. The summed E-state index contributed by atoms with van der Waals surface area (Å²) in [6.45, 7) is 0.572. The number of hydrogen-bond donors (Lipinski definition) is 2. The van der Waals surface area contributed by atoms with Crippen molar-refractivity contribution in [2.45, 2.75) is 43.3 Å². The highest BCUT2D eigenvalue weighted by Gasteiger charge is 2.61. The van der Waals surface area contributed by atoms with Gasteiger partial charge in [-0.15, -0.1) is 0 Å². The number of anilines is 2. The molecule has 14 heteroatoms. The van der Waals surface area contributed by atoms with Crippen LogP contribution in [0.5, 0.6) is 0 Å². The maximum Gasteiger partial charge on any atom is 0.434 e. The van der Waals surface area contributed by atoms with E-state index in [0.29, 0.717) is 19.0 Å². The molecule has 2 aliphatic heterocycles. The number of nitrogens with zero attached hydrogens (tertiary/aromatic N) is 5. The molecule has 2 aromatic heterocycles. The molecule has 2 aromatic rings. The van der Waals surface area contributed by atoms with E-state index in [1.165, 1.54) is 4.57 Å². The average molecular weight is 450 g/mol. The van der Waals surface area contributed by atoms with Gasteiger partial charge in [0.25, 0.3) is 0 Å². The Bertz CT molecular complexity index is 980. The van der Waals surface area contributed by atoms with E-state index in [-0.39, 0.29) is 24.7 Å². The number of rotatable bonds is 2. The van der Waals surface area contributed by atoms with Crippen LogP contribution in [0, 0.1) is 0 Å². The summed E-state index contributed by atoms with van der Waals surface area (Å²) in [5.41, 5.74) is -5.01. The average Bonchev–Trinajstić information content (AvgIpc) is 3.11. The number of imidazole rings is 1. The van der Waals surface area contributed by atoms with Crippen LogP contribution >= 0.6 is 0 Å². The molecule has 0 aromatic carbocycles. The molecule has 1 amide bonds. The molecule has 0 radical (unpaired) electrons. The van der Waals surface area contributed by atoms with Gasteiger partial charge in [0.1, 0.15) is 11.5 Å². The first-order chi connectivity index (χ1) is 14.4. The van der Waals surface area contributed by atoms with Crippen molar-refractivity contribution in [3.05, 3.63) is 30.1 Å². The normalized spacial score (nSPS) is 22.9. The minimum Gasteiger partial charge on any atom is -0.375 e. The SMILES string of the molecule is O=C1CC(O)(C(F)(F)F)c2c(ncn2C2CCN(c3cnc(C(F)(F)F)cn3)CC2)N1. The molecule has 0 saturated carbocycles. The van der Waals surface area contributed by atoms with Gasteiger partial charge in [-0.1, -0.05) is 0 Å². The summed E-state index contributed by atoms with van der Waals surface area (Å²) in [5, 5.41) is 12.6. The quantitative estimate of drug-likeness (QED) is 0.683. The lowest BCUT2D eigenvalue weighted by molar-refractivity contribution is -0.270. The zero-order valence-electron chi connectivity index (χ0n) is 15.7. The molecule has 8 nitrogen and oxygen atoms in total. The van der Waals surface area contributed by atoms with Crippen LogP contribution in [0.3, 0.4) is 0 Å². The predicted octanol–water partition coefficient (Wildman–Crippen LogP) is 2.63. The van der Waals surface area contributed by atoms with Crippen LogP contribution in [-0.2, 0) is 16.6 Å². The Balaban J connectivity index is 1.54. The number of piperidine rings is 1. The van der Waals surface area contributed by atoms with E-state index in [0.717, 1.165) is 12.5 Å². The zero-order valence-corrected chi connectivity index (χ0v) is 15.7. The van der Waals surface area contributed by atoms with Gasteiger partial charge in [-0.25, -0.2) is 15.0 Å². The molecule has 1 atom stereocenters. The Kier molecular flexibility index (Phi) is 4.87. The standard InChI is InChI=1S/C17H16F6N6O2/c18-16(19,20)10-6-25-11(7-24-10)28-3-1-9(2-4-28)29-8-26-14-13(29)15(31,17(21,22)23)5-12(30)27-14/h6-9,31H,1-5H2,(H,27,30). The predicted molar refractivity (Wildman–Crippen MR) is 92.9 cm³/mol. The van der Waals surface area contributed by atoms with Crippen LogP contribution in [0.2, 0.25) is 0 Å². The lowest BCUT2D eigenvalue weighted by Crippen LogP contribution is -2.50. The Morgan fingerprint density at radius 2 is 1.74 bits per heavy atom. The summed E-state index contributed by atoms with van der Waals surface area (Å²) < 4.78 is 80.0. The Hall–Kier alpha value is -2.90. The highest BCUT2D eigenvalue weighted by molar-refractivity contribution is 5.94. The summed E-state index contributed by atoms with van der Waals surface area (Å²) in [4.78, 5) is 24.3. The molecule has 1 unspecified atom stereocenters. The molecule has 0 bridgehead atoms. The molecule has 1 saturated heterocycles. The summed E-state index contributed by atoms with van der Waals surface area (Å²) in [7, 11) is 0. The van der Waals surface area contributed by atoms with Crippen LogP contribution in [0.25, 0.3) is 0 Å². The van der Waals surface area contributed by atoms with Gasteiger partial charge < -0.3 is 19.9 Å². The van der Waals surface area contributed by atoms with Gasteiger partial charge in [-0.2, -0.15) is 26.3 Å². The first-order valence-corrected chi connectivity index (χ1v) is 9.20. The zero-order chi connectivity index (χ0) is 22.6. The van der Waals surface area contributed by atoms with E-state index >= 15 is 0 Å². The van der Waals surface area contributed by atoms with Gasteiger partial charge in [-0.05, 0) is 12.8 Å². The first kappa shape index (κ1) is 21.3. The molecule has 4 heterocycles. The number of amides is 1. The lowest BCUT2D eigenvalue weighted by atomic mass is 9.90. The smallest absolute Gasteiger partial charge is 0.375 e. The lowest BCUT2D eigenvalue weighted by Gasteiger charge is -2.38. The third kappa shape index (κ3) is 3.68. The third-order valence-electron chi connectivity index (χ3n) is 5.44. The van der Waals surface area contributed by atoms with E-state index in [1.54, 1.807) is 4.90 Å². The number of nitrogens with one attached hydrogen (secondary N) is 1. The van der Waals surface area contributed by atoms with Crippen molar-refractivity contribution in [3.63, 3.8) is 0 Å². The van der Waals surface area contributed by atoms with Gasteiger partial charge in [0.2, 0.25) is 11.5 Å². The van der Waals surface area contributed by atoms with Crippen molar-refractivity contribution in [1.82, 2.24) is 19.5 Å². The number of aliphatic hydroxyl groups is 1. The van der Waals surface area contributed by atoms with Gasteiger partial charge >= 0.3 is 12.4 Å². The third-order valence-corrected chi connectivity index (χ3v) is 5.44. The number of carbonyl (C=O) groups is 1. The second kappa shape index (κ2) is 7.07. The highest BCUT2D eigenvalue weighted by Crippen LogP contribution is 2.47. The minimum absolute atomic E-state index is 0.221. The van der Waals surface area contributed by atoms with Crippen molar-refractivity contribution in [2.75, 3.05) is 23.3 Å². The molecule has 4 rings (SSSR count). The highest BCUT2D eigenvalue weighted by atomic mass is 19.4. The number of aromatic nitrogens is 4. The molecule has 0 spiro atoms. The van der Waals surface area contributed by atoms with Crippen molar-refractivity contribution < 1.29 is 36.2 Å². The number of fused-ring (bicyclic) bond motifs is 1. The Labute approximate surface area is 170 Å². The summed E-state index contributed by atoms with van der Waals surface area (Å²) >= 11 is 0. The number of carbonyl (C=O) groups excluding carboxylic acids is 1. The fraction of sp³-hybridized carbons (Fsp3) is 0.529. The number of halogens is 6. The molecule has 1 fully saturated rings. The number of hydrogen-bond acceptors (Lipinski definition) is 6. The van der Waals surface area contributed by atoms with Crippen molar-refractivity contribution in [1.29, 1.82) is 0 Å². The van der Waals surface area contributed by atoms with E-state index in [2.05, 4.69) is 20.3 Å². The molecule has 2 N–H and O–H groups in total. The van der Waals surface area contributed by atoms with E-state index in [4.69, 9.17) is 0 Å². The minimum atomic E-state index is -5.09.